The summed E-state index contributed by atoms with van der Waals surface area (Å²) in [5, 5.41) is 4.19. The van der Waals surface area contributed by atoms with Crippen LogP contribution in [0.1, 0.15) is 27.8 Å². The quantitative estimate of drug-likeness (QED) is 0.526. The number of nitrogens with zero attached hydrogens (tertiary/aromatic N) is 3. The highest BCUT2D eigenvalue weighted by molar-refractivity contribution is 5.94. The van der Waals surface area contributed by atoms with Gasteiger partial charge in [0.25, 0.3) is 5.56 Å². The lowest BCUT2D eigenvalue weighted by Gasteiger charge is -2.06. The maximum absolute atomic E-state index is 12.6. The maximum atomic E-state index is 12.6. The molecule has 0 atom stereocenters. The summed E-state index contributed by atoms with van der Waals surface area (Å²) in [6, 6.07) is 7.42. The van der Waals surface area contributed by atoms with Gasteiger partial charge in [0.05, 0.1) is 30.2 Å². The lowest BCUT2D eigenvalue weighted by molar-refractivity contribution is 0.0516. The van der Waals surface area contributed by atoms with Crippen molar-refractivity contribution in [3.05, 3.63) is 51.9 Å². The molecule has 0 unspecified atom stereocenters. The Morgan fingerprint density at radius 2 is 1.96 bits per heavy atom. The second-order valence-electron chi connectivity index (χ2n) is 4.85. The molecule has 122 valence electrons. The predicted molar refractivity (Wildman–Crippen MR) is 84.1 cm³/mol. The summed E-state index contributed by atoms with van der Waals surface area (Å²) in [7, 11) is 1.26. The van der Waals surface area contributed by atoms with E-state index >= 15 is 0 Å². The Labute approximate surface area is 135 Å². The topological polar surface area (TPSA) is 99.9 Å². The third-order valence-electron chi connectivity index (χ3n) is 3.38. The zero-order valence-electron chi connectivity index (χ0n) is 13.0. The van der Waals surface area contributed by atoms with Crippen LogP contribution in [0.25, 0.3) is 16.6 Å². The number of benzene rings is 1. The fraction of sp³-hybridized carbons (Fsp3) is 0.188. The summed E-state index contributed by atoms with van der Waals surface area (Å²) in [5.41, 5.74) is 0.429. The van der Waals surface area contributed by atoms with Gasteiger partial charge in [-0.15, -0.1) is 0 Å². The molecule has 0 radical (unpaired) electrons. The maximum Gasteiger partial charge on any atom is 0.358 e. The number of ether oxygens (including phenoxy) is 2. The van der Waals surface area contributed by atoms with Crippen LogP contribution in [-0.2, 0) is 9.47 Å². The molecule has 3 aromatic rings. The molecule has 0 N–H and O–H groups in total. The first-order valence-electron chi connectivity index (χ1n) is 7.14. The van der Waals surface area contributed by atoms with Crippen LogP contribution in [-0.4, -0.2) is 40.3 Å². The molecule has 24 heavy (non-hydrogen) atoms. The van der Waals surface area contributed by atoms with Crippen LogP contribution in [0, 0.1) is 0 Å². The molecule has 8 nitrogen and oxygen atoms in total. The molecule has 2 heterocycles. The normalized spacial score (nSPS) is 10.8. The smallest absolute Gasteiger partial charge is 0.358 e. The Bertz CT molecular complexity index is 1030. The molecule has 0 bridgehead atoms. The van der Waals surface area contributed by atoms with Gasteiger partial charge in [-0.25, -0.2) is 14.6 Å². The van der Waals surface area contributed by atoms with Gasteiger partial charge in [-0.05, 0) is 37.3 Å². The number of methoxy groups -OCH3 is 1. The van der Waals surface area contributed by atoms with Gasteiger partial charge >= 0.3 is 11.9 Å². The highest BCUT2D eigenvalue weighted by atomic mass is 16.5. The van der Waals surface area contributed by atoms with Crippen molar-refractivity contribution < 1.29 is 19.1 Å². The number of fused-ring (bicyclic) bond motifs is 2. The Morgan fingerprint density at radius 1 is 1.17 bits per heavy atom. The van der Waals surface area contributed by atoms with Gasteiger partial charge in [0.2, 0.25) is 0 Å². The van der Waals surface area contributed by atoms with E-state index < -0.39 is 17.5 Å². The monoisotopic (exact) mass is 327 g/mol. The minimum Gasteiger partial charge on any atom is -0.465 e. The highest BCUT2D eigenvalue weighted by Gasteiger charge is 2.14. The summed E-state index contributed by atoms with van der Waals surface area (Å²) in [6.07, 6.45) is 0. The fourth-order valence-electron chi connectivity index (χ4n) is 2.25. The van der Waals surface area contributed by atoms with Gasteiger partial charge in [0.15, 0.2) is 11.3 Å². The standard InChI is InChI=1S/C16H13N3O5/c1-3-24-16(22)12-6-7-13-17-11-5-4-9(15(21)23-2)8-10(11)14(20)19(13)18-12/h4-8H,3H2,1-2H3. The van der Waals surface area contributed by atoms with E-state index in [9.17, 15) is 14.4 Å². The van der Waals surface area contributed by atoms with E-state index in [0.717, 1.165) is 4.52 Å². The van der Waals surface area contributed by atoms with Gasteiger partial charge < -0.3 is 9.47 Å². The van der Waals surface area contributed by atoms with Crippen LogP contribution in [0.5, 0.6) is 0 Å². The minimum absolute atomic E-state index is 0.00303. The fourth-order valence-corrected chi connectivity index (χ4v) is 2.25. The second kappa shape index (κ2) is 6.07. The summed E-state index contributed by atoms with van der Waals surface area (Å²) < 4.78 is 10.5. The number of hydrogen-bond donors (Lipinski definition) is 0. The van der Waals surface area contributed by atoms with Gasteiger partial charge in [-0.1, -0.05) is 0 Å². The first kappa shape index (κ1) is 15.6. The van der Waals surface area contributed by atoms with Crippen LogP contribution in [0.4, 0.5) is 0 Å². The largest absolute Gasteiger partial charge is 0.465 e. The van der Waals surface area contributed by atoms with Crippen LogP contribution >= 0.6 is 0 Å². The molecule has 2 aromatic heterocycles. The van der Waals surface area contributed by atoms with E-state index in [1.165, 1.54) is 31.4 Å². The van der Waals surface area contributed by atoms with Crippen molar-refractivity contribution in [2.24, 2.45) is 0 Å². The molecule has 0 aliphatic carbocycles. The minimum atomic E-state index is -0.630. The van der Waals surface area contributed by atoms with Crippen molar-refractivity contribution in [2.45, 2.75) is 6.92 Å². The summed E-state index contributed by atoms with van der Waals surface area (Å²) in [4.78, 5) is 40.3. The number of carbonyl (C=O) groups excluding carboxylic acids is 2. The average Bonchev–Trinajstić information content (AvgIpc) is 2.61. The second-order valence-corrected chi connectivity index (χ2v) is 4.85. The van der Waals surface area contributed by atoms with Crippen molar-refractivity contribution in [1.29, 1.82) is 0 Å². The van der Waals surface area contributed by atoms with Crippen LogP contribution in [0.2, 0.25) is 0 Å². The van der Waals surface area contributed by atoms with Crippen molar-refractivity contribution >= 4 is 28.5 Å². The van der Waals surface area contributed by atoms with Crippen molar-refractivity contribution in [3.63, 3.8) is 0 Å². The molecule has 0 saturated heterocycles. The van der Waals surface area contributed by atoms with Gasteiger partial charge in [-0.2, -0.15) is 9.61 Å². The van der Waals surface area contributed by atoms with Crippen molar-refractivity contribution in [1.82, 2.24) is 14.6 Å². The Balaban J connectivity index is 2.24. The first-order chi connectivity index (χ1) is 11.5. The molecule has 1 aromatic carbocycles. The molecule has 0 fully saturated rings. The molecular weight excluding hydrogens is 314 g/mol. The molecule has 8 heteroatoms. The zero-order chi connectivity index (χ0) is 17.3. The van der Waals surface area contributed by atoms with Gasteiger partial charge in [-0.3, -0.25) is 4.79 Å². The van der Waals surface area contributed by atoms with E-state index in [-0.39, 0.29) is 28.9 Å². The number of carbonyl (C=O) groups is 2. The summed E-state index contributed by atoms with van der Waals surface area (Å²) in [6.45, 7) is 1.88. The van der Waals surface area contributed by atoms with E-state index in [4.69, 9.17) is 4.74 Å². The molecular formula is C16H13N3O5. The Hall–Kier alpha value is -3.29. The van der Waals surface area contributed by atoms with E-state index in [1.807, 2.05) is 0 Å². The third-order valence-corrected chi connectivity index (χ3v) is 3.38. The first-order valence-corrected chi connectivity index (χ1v) is 7.14. The zero-order valence-corrected chi connectivity index (χ0v) is 13.0. The number of esters is 2. The van der Waals surface area contributed by atoms with Gasteiger partial charge in [0, 0.05) is 0 Å². The molecule has 0 aliphatic heterocycles. The molecule has 0 saturated carbocycles. The van der Waals surface area contributed by atoms with Crippen LogP contribution in [0.3, 0.4) is 0 Å². The van der Waals surface area contributed by atoms with Crippen molar-refractivity contribution in [2.75, 3.05) is 13.7 Å². The third kappa shape index (κ3) is 2.58. The Kier molecular flexibility index (Phi) is 3.95. The van der Waals surface area contributed by atoms with Crippen molar-refractivity contribution in [3.8, 4) is 0 Å². The molecule has 3 rings (SSSR count). The van der Waals surface area contributed by atoms with Crippen LogP contribution in [0.15, 0.2) is 35.1 Å². The molecule has 0 spiro atoms. The van der Waals surface area contributed by atoms with E-state index in [1.54, 1.807) is 13.0 Å². The SMILES string of the molecule is CCOC(=O)c1ccc2nc3ccc(C(=O)OC)cc3c(=O)n2n1. The lowest BCUT2D eigenvalue weighted by atomic mass is 10.1. The number of rotatable bonds is 3. The number of aromatic nitrogens is 3. The van der Waals surface area contributed by atoms with E-state index in [0.29, 0.717) is 5.52 Å². The summed E-state index contributed by atoms with van der Waals surface area (Å²) >= 11 is 0. The van der Waals surface area contributed by atoms with E-state index in [2.05, 4.69) is 14.8 Å². The predicted octanol–water partition coefficient (Wildman–Crippen LogP) is 1.21. The number of hydrogen-bond acceptors (Lipinski definition) is 7. The summed E-state index contributed by atoms with van der Waals surface area (Å²) in [5.74, 6) is -1.19. The van der Waals surface area contributed by atoms with Crippen LogP contribution < -0.4 is 5.56 Å². The lowest BCUT2D eigenvalue weighted by Crippen LogP contribution is -2.21. The molecule has 0 amide bonds. The van der Waals surface area contributed by atoms with Gasteiger partial charge in [0.1, 0.15) is 0 Å². The average molecular weight is 327 g/mol. The Morgan fingerprint density at radius 3 is 2.67 bits per heavy atom. The molecule has 0 aliphatic rings. The highest BCUT2D eigenvalue weighted by Crippen LogP contribution is 2.13.